The molecule has 1 aromatic heterocycles. The first-order valence-corrected chi connectivity index (χ1v) is 6.98. The fourth-order valence-electron chi connectivity index (χ4n) is 1.73. The van der Waals surface area contributed by atoms with Crippen molar-refractivity contribution in [3.8, 4) is 18.1 Å². The second kappa shape index (κ2) is 7.68. The Morgan fingerprint density at radius 3 is 3.10 bits per heavy atom. The lowest BCUT2D eigenvalue weighted by molar-refractivity contribution is 0.364. The third kappa shape index (κ3) is 4.37. The molecule has 0 atom stereocenters. The zero-order chi connectivity index (χ0) is 14.2. The van der Waals surface area contributed by atoms with Crippen LogP contribution in [0.5, 0.6) is 5.75 Å². The molecule has 0 aliphatic carbocycles. The van der Waals surface area contributed by atoms with Crippen LogP contribution < -0.4 is 10.1 Å². The molecule has 2 rings (SSSR count). The maximum atomic E-state index is 5.52. The van der Waals surface area contributed by atoms with E-state index < -0.39 is 0 Å². The van der Waals surface area contributed by atoms with Crippen molar-refractivity contribution in [3.63, 3.8) is 0 Å². The number of ether oxygens (including phenoxy) is 1. The summed E-state index contributed by atoms with van der Waals surface area (Å²) in [6.45, 7) is 1.77. The molecule has 0 radical (unpaired) electrons. The van der Waals surface area contributed by atoms with Crippen molar-refractivity contribution < 1.29 is 4.74 Å². The van der Waals surface area contributed by atoms with Crippen molar-refractivity contribution in [2.75, 3.05) is 13.2 Å². The van der Waals surface area contributed by atoms with Gasteiger partial charge >= 0.3 is 0 Å². The van der Waals surface area contributed by atoms with Crippen molar-refractivity contribution in [3.05, 3.63) is 40.4 Å². The first-order chi connectivity index (χ1) is 9.79. The van der Waals surface area contributed by atoms with E-state index in [1.807, 2.05) is 18.2 Å². The molecule has 0 saturated heterocycles. The van der Waals surface area contributed by atoms with E-state index in [9.17, 15) is 0 Å². The Hall–Kier alpha value is -1.84. The van der Waals surface area contributed by atoms with Crippen LogP contribution in [0.25, 0.3) is 0 Å². The average Bonchev–Trinajstić information content (AvgIpc) is 2.96. The number of rotatable bonds is 7. The summed E-state index contributed by atoms with van der Waals surface area (Å²) in [5, 5.41) is 9.98. The second-order valence-corrected chi connectivity index (χ2v) is 5.02. The first kappa shape index (κ1) is 14.6. The minimum Gasteiger partial charge on any atom is -0.481 e. The Balaban J connectivity index is 1.87. The van der Waals surface area contributed by atoms with Crippen LogP contribution in [0.1, 0.15) is 11.4 Å². The SMILES string of the molecule is C#CCOc1ccc(Br)cc1CNCCc1ncn[nH]1. The van der Waals surface area contributed by atoms with E-state index in [0.29, 0.717) is 6.54 Å². The Morgan fingerprint density at radius 1 is 1.45 bits per heavy atom. The number of halogens is 1. The molecule has 0 bridgehead atoms. The number of H-pyrrole nitrogens is 1. The summed E-state index contributed by atoms with van der Waals surface area (Å²) < 4.78 is 6.53. The molecular formula is C14H15BrN4O. The first-order valence-electron chi connectivity index (χ1n) is 6.19. The molecule has 0 spiro atoms. The predicted octanol–water partition coefficient (Wildman–Crippen LogP) is 1.91. The van der Waals surface area contributed by atoms with Crippen molar-refractivity contribution in [1.29, 1.82) is 0 Å². The number of aromatic amines is 1. The van der Waals surface area contributed by atoms with E-state index in [2.05, 4.69) is 42.3 Å². The largest absolute Gasteiger partial charge is 0.481 e. The van der Waals surface area contributed by atoms with E-state index in [1.54, 1.807) is 0 Å². The van der Waals surface area contributed by atoms with E-state index in [1.165, 1.54) is 6.33 Å². The molecule has 0 unspecified atom stereocenters. The minimum absolute atomic E-state index is 0.271. The van der Waals surface area contributed by atoms with Crippen molar-refractivity contribution in [1.82, 2.24) is 20.5 Å². The van der Waals surface area contributed by atoms with Gasteiger partial charge < -0.3 is 10.1 Å². The molecule has 0 fully saturated rings. The van der Waals surface area contributed by atoms with Crippen LogP contribution in [-0.4, -0.2) is 28.3 Å². The molecule has 1 aromatic carbocycles. The van der Waals surface area contributed by atoms with Gasteiger partial charge in [0.05, 0.1) is 0 Å². The fourth-order valence-corrected chi connectivity index (χ4v) is 2.14. The third-order valence-corrected chi connectivity index (χ3v) is 3.15. The molecule has 104 valence electrons. The highest BCUT2D eigenvalue weighted by Crippen LogP contribution is 2.23. The molecule has 6 heteroatoms. The zero-order valence-corrected chi connectivity index (χ0v) is 12.5. The molecule has 2 N–H and O–H groups in total. The van der Waals surface area contributed by atoms with Crippen molar-refractivity contribution in [2.24, 2.45) is 0 Å². The van der Waals surface area contributed by atoms with E-state index in [-0.39, 0.29) is 6.61 Å². The van der Waals surface area contributed by atoms with Crippen LogP contribution in [0.3, 0.4) is 0 Å². The topological polar surface area (TPSA) is 62.8 Å². The van der Waals surface area contributed by atoms with Gasteiger partial charge in [0.2, 0.25) is 0 Å². The third-order valence-electron chi connectivity index (χ3n) is 2.65. The maximum Gasteiger partial charge on any atom is 0.148 e. The van der Waals surface area contributed by atoms with Crippen LogP contribution in [-0.2, 0) is 13.0 Å². The molecule has 0 aliphatic heterocycles. The van der Waals surface area contributed by atoms with Gasteiger partial charge in [-0.15, -0.1) is 6.42 Å². The summed E-state index contributed by atoms with van der Waals surface area (Å²) in [5.74, 6) is 4.15. The van der Waals surface area contributed by atoms with E-state index >= 15 is 0 Å². The predicted molar refractivity (Wildman–Crippen MR) is 80.3 cm³/mol. The lowest BCUT2D eigenvalue weighted by Crippen LogP contribution is -2.18. The van der Waals surface area contributed by atoms with Crippen LogP contribution in [0, 0.1) is 12.3 Å². The number of hydrogen-bond donors (Lipinski definition) is 2. The maximum absolute atomic E-state index is 5.52. The monoisotopic (exact) mass is 334 g/mol. The number of aromatic nitrogens is 3. The summed E-state index contributed by atoms with van der Waals surface area (Å²) in [6.07, 6.45) is 7.53. The minimum atomic E-state index is 0.271. The van der Waals surface area contributed by atoms with Gasteiger partial charge in [-0.3, -0.25) is 5.10 Å². The van der Waals surface area contributed by atoms with Gasteiger partial charge in [-0.1, -0.05) is 21.9 Å². The smallest absolute Gasteiger partial charge is 0.148 e. The molecular weight excluding hydrogens is 320 g/mol. The van der Waals surface area contributed by atoms with Gasteiger partial charge in [-0.05, 0) is 18.2 Å². The summed E-state index contributed by atoms with van der Waals surface area (Å²) in [4.78, 5) is 4.07. The van der Waals surface area contributed by atoms with Crippen LogP contribution in [0.2, 0.25) is 0 Å². The van der Waals surface area contributed by atoms with Gasteiger partial charge in [-0.2, -0.15) is 5.10 Å². The summed E-state index contributed by atoms with van der Waals surface area (Å²) in [7, 11) is 0. The van der Waals surface area contributed by atoms with Gasteiger partial charge in [0.25, 0.3) is 0 Å². The molecule has 0 amide bonds. The molecule has 20 heavy (non-hydrogen) atoms. The normalized spacial score (nSPS) is 10.2. The highest BCUT2D eigenvalue weighted by Gasteiger charge is 2.04. The Labute approximate surface area is 126 Å². The van der Waals surface area contributed by atoms with Gasteiger partial charge in [0.1, 0.15) is 24.5 Å². The molecule has 5 nitrogen and oxygen atoms in total. The van der Waals surface area contributed by atoms with E-state index in [4.69, 9.17) is 11.2 Å². The zero-order valence-electron chi connectivity index (χ0n) is 10.9. The molecule has 0 aliphatic rings. The second-order valence-electron chi connectivity index (χ2n) is 4.10. The van der Waals surface area contributed by atoms with Gasteiger partial charge in [-0.25, -0.2) is 4.98 Å². The van der Waals surface area contributed by atoms with Crippen LogP contribution in [0.4, 0.5) is 0 Å². The van der Waals surface area contributed by atoms with Crippen LogP contribution in [0.15, 0.2) is 29.0 Å². The lowest BCUT2D eigenvalue weighted by Gasteiger charge is -2.11. The fraction of sp³-hybridized carbons (Fsp3) is 0.286. The van der Waals surface area contributed by atoms with Crippen molar-refractivity contribution >= 4 is 15.9 Å². The van der Waals surface area contributed by atoms with E-state index in [0.717, 1.165) is 34.6 Å². The van der Waals surface area contributed by atoms with Gasteiger partial charge in [0.15, 0.2) is 0 Å². The Bertz CT molecular complexity index is 577. The van der Waals surface area contributed by atoms with Gasteiger partial charge in [0, 0.05) is 29.5 Å². The quantitative estimate of drug-likeness (QED) is 0.599. The molecule has 2 aromatic rings. The number of terminal acetylenes is 1. The van der Waals surface area contributed by atoms with Crippen LogP contribution >= 0.6 is 15.9 Å². The number of benzene rings is 1. The number of nitrogens with one attached hydrogen (secondary N) is 2. The Morgan fingerprint density at radius 2 is 2.35 bits per heavy atom. The van der Waals surface area contributed by atoms with Crippen molar-refractivity contribution in [2.45, 2.75) is 13.0 Å². The lowest BCUT2D eigenvalue weighted by atomic mass is 10.2. The molecule has 1 heterocycles. The summed E-state index contributed by atoms with van der Waals surface area (Å²) in [5.41, 5.74) is 1.06. The molecule has 0 saturated carbocycles. The standard InChI is InChI=1S/C14H15BrN4O/c1-2-7-20-13-4-3-12(15)8-11(13)9-16-6-5-14-17-10-18-19-14/h1,3-4,8,10,16H,5-7,9H2,(H,17,18,19). The summed E-state index contributed by atoms with van der Waals surface area (Å²) in [6, 6.07) is 5.87. The number of hydrogen-bond acceptors (Lipinski definition) is 4. The highest BCUT2D eigenvalue weighted by molar-refractivity contribution is 9.10. The Kier molecular flexibility index (Phi) is 5.59. The number of nitrogens with zero attached hydrogens (tertiary/aromatic N) is 2. The average molecular weight is 335 g/mol. The highest BCUT2D eigenvalue weighted by atomic mass is 79.9. The summed E-state index contributed by atoms with van der Waals surface area (Å²) >= 11 is 3.46.